The van der Waals surface area contributed by atoms with Crippen LogP contribution in [0.1, 0.15) is 44.2 Å². The van der Waals surface area contributed by atoms with Gasteiger partial charge in [-0.3, -0.25) is 14.3 Å². The second-order valence-corrected chi connectivity index (χ2v) is 10.7. The topological polar surface area (TPSA) is 154 Å². The summed E-state index contributed by atoms with van der Waals surface area (Å²) in [6, 6.07) is 12.5. The predicted molar refractivity (Wildman–Crippen MR) is 174 cm³/mol. The van der Waals surface area contributed by atoms with Crippen LogP contribution in [0, 0.1) is 0 Å². The summed E-state index contributed by atoms with van der Waals surface area (Å²) in [5, 5.41) is 0. The molecule has 45 heavy (non-hydrogen) atoms. The molecule has 0 atom stereocenters. The van der Waals surface area contributed by atoms with E-state index in [-0.39, 0.29) is 17.5 Å². The standard InChI is InChI=1S/C30H40N8O3.C2H4O2/c1-3-5-17-41-29-34-27(31)26-28(35-29)38(30(39)33-26)21-23-10-11-25(32-20-23)37-13-7-12-36(14-15-37)16-18-40-24-9-6-8-22(4-2)19-24;1-4-2-3/h6,8-11,19-20H,3-5,7,12-18,21H2,1-2H3,(H,33,39)(H2,31,34,35);2H,1H3. The van der Waals surface area contributed by atoms with Crippen LogP contribution >= 0.6 is 0 Å². The van der Waals surface area contributed by atoms with Gasteiger partial charge in [-0.05, 0) is 48.6 Å². The lowest BCUT2D eigenvalue weighted by Crippen LogP contribution is -2.33. The molecule has 0 amide bonds. The first-order valence-corrected chi connectivity index (χ1v) is 15.4. The van der Waals surface area contributed by atoms with Crippen LogP contribution < -0.4 is 25.8 Å². The Balaban J connectivity index is 0.00000109. The molecule has 3 aromatic heterocycles. The van der Waals surface area contributed by atoms with E-state index in [1.165, 1.54) is 12.7 Å². The third-order valence-corrected chi connectivity index (χ3v) is 7.50. The van der Waals surface area contributed by atoms with Crippen LogP contribution in [0.25, 0.3) is 11.2 Å². The number of nitrogens with two attached hydrogens (primary N) is 1. The number of ether oxygens (including phenoxy) is 3. The number of aromatic amines is 1. The number of anilines is 2. The number of nitrogens with zero attached hydrogens (tertiary/aromatic N) is 6. The highest BCUT2D eigenvalue weighted by atomic mass is 16.5. The van der Waals surface area contributed by atoms with Crippen LogP contribution in [-0.4, -0.2) is 88.9 Å². The fourth-order valence-corrected chi connectivity index (χ4v) is 5.00. The van der Waals surface area contributed by atoms with E-state index >= 15 is 0 Å². The van der Waals surface area contributed by atoms with Gasteiger partial charge in [0.2, 0.25) is 0 Å². The van der Waals surface area contributed by atoms with E-state index in [1.807, 2.05) is 24.4 Å². The van der Waals surface area contributed by atoms with E-state index in [9.17, 15) is 4.79 Å². The molecule has 0 bridgehead atoms. The molecule has 1 fully saturated rings. The van der Waals surface area contributed by atoms with Gasteiger partial charge in [0.25, 0.3) is 6.47 Å². The van der Waals surface area contributed by atoms with Crippen molar-refractivity contribution < 1.29 is 19.0 Å². The Hall–Kier alpha value is -4.65. The molecule has 4 aromatic rings. The number of nitrogens with one attached hydrogen (secondary N) is 1. The molecule has 0 unspecified atom stereocenters. The zero-order chi connectivity index (χ0) is 32.0. The number of unbranched alkanes of at least 4 members (excludes halogenated alkanes) is 1. The average molecular weight is 621 g/mol. The molecule has 13 heteroatoms. The molecular formula is C32H44N8O5. The van der Waals surface area contributed by atoms with Crippen LogP contribution in [0.5, 0.6) is 11.8 Å². The maximum Gasteiger partial charge on any atom is 0.328 e. The van der Waals surface area contributed by atoms with Gasteiger partial charge in [0.05, 0.1) is 20.3 Å². The number of pyridine rings is 1. The van der Waals surface area contributed by atoms with Gasteiger partial charge in [-0.15, -0.1) is 0 Å². The second-order valence-electron chi connectivity index (χ2n) is 10.7. The molecule has 242 valence electrons. The highest BCUT2D eigenvalue weighted by Gasteiger charge is 2.18. The van der Waals surface area contributed by atoms with Gasteiger partial charge in [0.15, 0.2) is 11.5 Å². The smallest absolute Gasteiger partial charge is 0.328 e. The molecular weight excluding hydrogens is 576 g/mol. The van der Waals surface area contributed by atoms with Crippen molar-refractivity contribution in [3.8, 4) is 11.8 Å². The highest BCUT2D eigenvalue weighted by Crippen LogP contribution is 2.20. The SMILES string of the molecule is CCCCOc1nc(N)c2[nH]c(=O)n(Cc3ccc(N4CCCN(CCOc5cccc(CC)c5)CC4)nc3)c2n1.COC=O. The number of nitrogen functional groups attached to an aromatic ring is 1. The monoisotopic (exact) mass is 620 g/mol. The average Bonchev–Trinajstić information content (AvgIpc) is 3.21. The minimum absolute atomic E-state index is 0.178. The van der Waals surface area contributed by atoms with Gasteiger partial charge in [-0.1, -0.05) is 38.5 Å². The zero-order valence-corrected chi connectivity index (χ0v) is 26.4. The van der Waals surface area contributed by atoms with Gasteiger partial charge in [-0.2, -0.15) is 9.97 Å². The molecule has 5 rings (SSSR count). The number of aromatic nitrogens is 5. The summed E-state index contributed by atoms with van der Waals surface area (Å²) in [5.41, 5.74) is 8.80. The van der Waals surface area contributed by atoms with E-state index in [0.29, 0.717) is 37.4 Å². The maximum atomic E-state index is 12.7. The summed E-state index contributed by atoms with van der Waals surface area (Å²) in [5.74, 6) is 2.07. The summed E-state index contributed by atoms with van der Waals surface area (Å²) in [7, 11) is 1.31. The van der Waals surface area contributed by atoms with E-state index in [4.69, 9.17) is 25.0 Å². The molecule has 1 saturated heterocycles. The number of fused-ring (bicyclic) bond motifs is 1. The fourth-order valence-electron chi connectivity index (χ4n) is 5.00. The number of carbonyl (C=O) groups excluding carboxylic acids is 1. The van der Waals surface area contributed by atoms with Gasteiger partial charge >= 0.3 is 11.7 Å². The zero-order valence-electron chi connectivity index (χ0n) is 26.4. The molecule has 3 N–H and O–H groups in total. The number of rotatable bonds is 13. The first-order chi connectivity index (χ1) is 21.9. The van der Waals surface area contributed by atoms with Crippen molar-refractivity contribution in [2.24, 2.45) is 0 Å². The Morgan fingerprint density at radius 1 is 1.02 bits per heavy atom. The predicted octanol–water partition coefficient (Wildman–Crippen LogP) is 3.27. The highest BCUT2D eigenvalue weighted by molar-refractivity contribution is 5.81. The normalized spacial score (nSPS) is 13.5. The molecule has 13 nitrogen and oxygen atoms in total. The van der Waals surface area contributed by atoms with Crippen molar-refractivity contribution >= 4 is 29.3 Å². The van der Waals surface area contributed by atoms with E-state index in [0.717, 1.165) is 75.5 Å². The summed E-state index contributed by atoms with van der Waals surface area (Å²) < 4.78 is 17.1. The molecule has 4 heterocycles. The summed E-state index contributed by atoms with van der Waals surface area (Å²) in [4.78, 5) is 42.6. The van der Waals surface area contributed by atoms with Crippen molar-refractivity contribution in [2.75, 3.05) is 63.7 Å². The lowest BCUT2D eigenvalue weighted by atomic mass is 10.2. The fraction of sp³-hybridized carbons (Fsp3) is 0.469. The Labute approximate surface area is 263 Å². The first kappa shape index (κ1) is 33.2. The van der Waals surface area contributed by atoms with Crippen LogP contribution in [0.2, 0.25) is 0 Å². The number of hydrogen-bond acceptors (Lipinski definition) is 11. The number of aryl methyl sites for hydroxylation is 1. The number of methoxy groups -OCH3 is 1. The summed E-state index contributed by atoms with van der Waals surface area (Å²) >= 11 is 0. The van der Waals surface area contributed by atoms with E-state index < -0.39 is 0 Å². The Bertz CT molecular complexity index is 1560. The quantitative estimate of drug-likeness (QED) is 0.167. The number of hydrogen-bond donors (Lipinski definition) is 2. The molecule has 0 radical (unpaired) electrons. The summed E-state index contributed by atoms with van der Waals surface area (Å²) in [6.07, 6.45) is 5.77. The Morgan fingerprint density at radius 2 is 1.87 bits per heavy atom. The third-order valence-electron chi connectivity index (χ3n) is 7.50. The number of carbonyl (C=O) groups is 1. The minimum atomic E-state index is -0.301. The van der Waals surface area contributed by atoms with Crippen LogP contribution in [0.15, 0.2) is 47.4 Å². The van der Waals surface area contributed by atoms with Gasteiger partial charge in [0, 0.05) is 38.9 Å². The van der Waals surface area contributed by atoms with Crippen LogP contribution in [-0.2, 0) is 22.5 Å². The van der Waals surface area contributed by atoms with Gasteiger partial charge in [0.1, 0.15) is 23.7 Å². The van der Waals surface area contributed by atoms with Crippen molar-refractivity contribution in [3.63, 3.8) is 0 Å². The van der Waals surface area contributed by atoms with Gasteiger partial charge < -0.3 is 29.8 Å². The third kappa shape index (κ3) is 9.42. The summed E-state index contributed by atoms with van der Waals surface area (Å²) in [6.45, 7) is 10.8. The lowest BCUT2D eigenvalue weighted by molar-refractivity contribution is -0.126. The van der Waals surface area contributed by atoms with E-state index in [2.05, 4.69) is 61.5 Å². The van der Waals surface area contributed by atoms with Crippen molar-refractivity contribution in [3.05, 3.63) is 64.2 Å². The van der Waals surface area contributed by atoms with Gasteiger partial charge in [-0.25, -0.2) is 9.78 Å². The maximum absolute atomic E-state index is 12.7. The molecule has 1 aromatic carbocycles. The van der Waals surface area contributed by atoms with Crippen LogP contribution in [0.3, 0.4) is 0 Å². The molecule has 0 aliphatic carbocycles. The molecule has 0 saturated carbocycles. The van der Waals surface area contributed by atoms with Crippen molar-refractivity contribution in [1.29, 1.82) is 0 Å². The first-order valence-electron chi connectivity index (χ1n) is 15.4. The van der Waals surface area contributed by atoms with E-state index in [1.54, 1.807) is 4.57 Å². The van der Waals surface area contributed by atoms with Crippen molar-refractivity contribution in [2.45, 2.75) is 46.1 Å². The Kier molecular flexibility index (Phi) is 12.6. The number of H-pyrrole nitrogens is 1. The number of benzene rings is 1. The Morgan fingerprint density at radius 3 is 2.60 bits per heavy atom. The van der Waals surface area contributed by atoms with Crippen molar-refractivity contribution in [1.82, 2.24) is 29.4 Å². The van der Waals surface area contributed by atoms with Crippen LogP contribution in [0.4, 0.5) is 11.6 Å². The second kappa shape index (κ2) is 17.0. The largest absolute Gasteiger partial charge is 0.492 e. The minimum Gasteiger partial charge on any atom is -0.492 e. The number of imidazole rings is 1. The molecule has 1 aliphatic heterocycles. The lowest BCUT2D eigenvalue weighted by Gasteiger charge is -2.23. The molecule has 1 aliphatic rings. The molecule has 0 spiro atoms.